The van der Waals surface area contributed by atoms with Crippen molar-refractivity contribution in [3.8, 4) is 23.1 Å². The maximum absolute atomic E-state index is 12.6. The van der Waals surface area contributed by atoms with Crippen LogP contribution in [-0.4, -0.2) is 78.8 Å². The largest absolute Gasteiger partial charge is 0.493 e. The highest BCUT2D eigenvalue weighted by atomic mass is 16.6. The summed E-state index contributed by atoms with van der Waals surface area (Å²) in [6, 6.07) is 5.23. The highest BCUT2D eigenvalue weighted by Crippen LogP contribution is 2.49. The topological polar surface area (TPSA) is 133 Å². The van der Waals surface area contributed by atoms with E-state index in [0.29, 0.717) is 53.5 Å². The molecule has 3 aromatic rings. The molecule has 12 heteroatoms. The van der Waals surface area contributed by atoms with Gasteiger partial charge in [0.1, 0.15) is 0 Å². The second-order valence-corrected chi connectivity index (χ2v) is 9.16. The molecule has 5 rings (SSSR count). The van der Waals surface area contributed by atoms with Crippen LogP contribution in [-0.2, 0) is 9.59 Å². The molecule has 2 aromatic heterocycles. The van der Waals surface area contributed by atoms with Gasteiger partial charge < -0.3 is 28.7 Å². The lowest BCUT2D eigenvalue weighted by Gasteiger charge is -2.34. The van der Waals surface area contributed by atoms with Crippen LogP contribution in [0.2, 0.25) is 0 Å². The van der Waals surface area contributed by atoms with Crippen LogP contribution >= 0.6 is 0 Å². The average Bonchev–Trinajstić information content (AvgIpc) is 3.08. The normalized spacial score (nSPS) is 15.5. The third-order valence-electron chi connectivity index (χ3n) is 6.91. The number of benzene rings is 1. The molecule has 0 spiro atoms. The molecule has 12 nitrogen and oxygen atoms in total. The Labute approximate surface area is 218 Å². The molecule has 0 aliphatic carbocycles. The Balaban J connectivity index is 1.34. The number of hydrogen-bond donors (Lipinski definition) is 0. The monoisotopic (exact) mass is 521 g/mol. The van der Waals surface area contributed by atoms with Gasteiger partial charge in [-0.3, -0.25) is 9.78 Å². The van der Waals surface area contributed by atoms with Crippen LogP contribution in [0.4, 0.5) is 5.82 Å². The van der Waals surface area contributed by atoms with Crippen molar-refractivity contribution in [2.45, 2.75) is 19.3 Å². The van der Waals surface area contributed by atoms with Crippen LogP contribution < -0.4 is 23.8 Å². The highest BCUT2D eigenvalue weighted by molar-refractivity contribution is 6.32. The van der Waals surface area contributed by atoms with E-state index in [4.69, 9.17) is 18.9 Å². The van der Waals surface area contributed by atoms with E-state index < -0.39 is 11.9 Å². The fraction of sp³-hybridized carbons (Fsp3) is 0.385. The third kappa shape index (κ3) is 4.64. The summed E-state index contributed by atoms with van der Waals surface area (Å²) in [5, 5.41) is 9.31. The smallest absolute Gasteiger partial charge is 0.424 e. The molecule has 0 saturated carbocycles. The quantitative estimate of drug-likeness (QED) is 0.257. The van der Waals surface area contributed by atoms with Crippen LogP contribution in [0.25, 0.3) is 10.8 Å². The molecule has 1 saturated heterocycles. The number of ether oxygens (including phenoxy) is 4. The summed E-state index contributed by atoms with van der Waals surface area (Å²) in [5.41, 5.74) is 0.575. The van der Waals surface area contributed by atoms with Crippen LogP contribution in [0, 0.1) is 5.92 Å². The van der Waals surface area contributed by atoms with Crippen molar-refractivity contribution in [1.29, 1.82) is 0 Å². The number of hydrogen-bond acceptors (Lipinski definition) is 11. The maximum atomic E-state index is 12.6. The van der Waals surface area contributed by atoms with Gasteiger partial charge in [-0.15, -0.1) is 10.2 Å². The number of piperidine rings is 1. The number of rotatable bonds is 7. The molecule has 0 atom stereocenters. The first-order valence-corrected chi connectivity index (χ1v) is 12.2. The molecular weight excluding hydrogens is 494 g/mol. The van der Waals surface area contributed by atoms with E-state index in [1.807, 2.05) is 0 Å². The van der Waals surface area contributed by atoms with E-state index in [-0.39, 0.29) is 23.3 Å². The molecule has 1 aromatic carbocycles. The van der Waals surface area contributed by atoms with E-state index in [9.17, 15) is 14.4 Å². The lowest BCUT2D eigenvalue weighted by Crippen LogP contribution is -2.36. The summed E-state index contributed by atoms with van der Waals surface area (Å²) in [6.45, 7) is 2.06. The van der Waals surface area contributed by atoms with Crippen LogP contribution in [0.3, 0.4) is 0 Å². The van der Waals surface area contributed by atoms with E-state index in [2.05, 4.69) is 20.1 Å². The Hall–Kier alpha value is -4.48. The molecule has 38 heavy (non-hydrogen) atoms. The predicted octanol–water partition coefficient (Wildman–Crippen LogP) is 2.25. The predicted molar refractivity (Wildman–Crippen MR) is 135 cm³/mol. The minimum absolute atomic E-state index is 0.0000522. The average molecular weight is 522 g/mol. The number of pyridine rings is 1. The van der Waals surface area contributed by atoms with Crippen molar-refractivity contribution in [2.24, 2.45) is 5.92 Å². The summed E-state index contributed by atoms with van der Waals surface area (Å²) in [4.78, 5) is 44.7. The minimum Gasteiger partial charge on any atom is -0.493 e. The van der Waals surface area contributed by atoms with Gasteiger partial charge in [-0.2, -0.15) is 0 Å². The van der Waals surface area contributed by atoms with Gasteiger partial charge >= 0.3 is 11.9 Å². The Morgan fingerprint density at radius 3 is 2.58 bits per heavy atom. The summed E-state index contributed by atoms with van der Waals surface area (Å²) in [6.07, 6.45) is 5.88. The van der Waals surface area contributed by atoms with E-state index in [0.717, 1.165) is 19.3 Å². The third-order valence-corrected chi connectivity index (χ3v) is 6.91. The number of nitrogens with zero attached hydrogens (tertiary/aromatic N) is 5. The van der Waals surface area contributed by atoms with Gasteiger partial charge in [0.05, 0.1) is 25.2 Å². The van der Waals surface area contributed by atoms with E-state index >= 15 is 0 Å². The first-order chi connectivity index (χ1) is 18.4. The number of amides is 1. The van der Waals surface area contributed by atoms with Gasteiger partial charge in [0.15, 0.2) is 17.3 Å². The fourth-order valence-corrected chi connectivity index (χ4v) is 4.83. The molecule has 198 valence electrons. The molecule has 2 aliphatic heterocycles. The molecule has 4 heterocycles. The zero-order chi connectivity index (χ0) is 26.8. The van der Waals surface area contributed by atoms with Gasteiger partial charge in [0, 0.05) is 44.5 Å². The van der Waals surface area contributed by atoms with E-state index in [1.54, 1.807) is 42.5 Å². The molecule has 0 N–H and O–H groups in total. The lowest BCUT2D eigenvalue weighted by molar-refractivity contribution is -0.155. The number of aromatic nitrogens is 3. The van der Waals surface area contributed by atoms with Crippen LogP contribution in [0.15, 0.2) is 30.6 Å². The van der Waals surface area contributed by atoms with Crippen molar-refractivity contribution in [1.82, 2.24) is 20.1 Å². The maximum Gasteiger partial charge on any atom is 0.424 e. The first kappa shape index (κ1) is 25.2. The summed E-state index contributed by atoms with van der Waals surface area (Å²) >= 11 is 0. The van der Waals surface area contributed by atoms with Crippen LogP contribution in [0.1, 0.15) is 29.6 Å². The molecule has 0 bridgehead atoms. The Kier molecular flexibility index (Phi) is 6.95. The van der Waals surface area contributed by atoms with Gasteiger partial charge in [-0.25, -0.2) is 9.59 Å². The van der Waals surface area contributed by atoms with Crippen molar-refractivity contribution >= 4 is 34.4 Å². The van der Waals surface area contributed by atoms with Crippen LogP contribution in [0.5, 0.6) is 23.1 Å². The fourth-order valence-electron chi connectivity index (χ4n) is 4.83. The highest BCUT2D eigenvalue weighted by Gasteiger charge is 2.34. The lowest BCUT2D eigenvalue weighted by atomic mass is 9.93. The first-order valence-electron chi connectivity index (χ1n) is 12.2. The molecule has 0 radical (unpaired) electrons. The zero-order valence-corrected chi connectivity index (χ0v) is 21.3. The van der Waals surface area contributed by atoms with Gasteiger partial charge in [-0.05, 0) is 43.4 Å². The van der Waals surface area contributed by atoms with Crippen molar-refractivity contribution in [3.05, 3.63) is 36.2 Å². The molecule has 0 unspecified atom stereocenters. The molecule has 1 fully saturated rings. The Bertz CT molecular complexity index is 1390. The van der Waals surface area contributed by atoms with Gasteiger partial charge in [-0.1, -0.05) is 0 Å². The van der Waals surface area contributed by atoms with Gasteiger partial charge in [0.25, 0.3) is 11.8 Å². The summed E-state index contributed by atoms with van der Waals surface area (Å²) < 4.78 is 21.4. The summed E-state index contributed by atoms with van der Waals surface area (Å²) in [7, 11) is 4.68. The SMILES string of the molecule is COc1cc2c(N3CCC(CCN(C)C(=O)c4cccnc4)CC3)nnc3c2c(c1OC)OC(=O)C(=O)O3. The molecular formula is C26H27N5O7. The molecule has 2 aliphatic rings. The second-order valence-electron chi connectivity index (χ2n) is 9.16. The van der Waals surface area contributed by atoms with Crippen molar-refractivity contribution in [2.75, 3.05) is 45.8 Å². The summed E-state index contributed by atoms with van der Waals surface area (Å²) in [5.74, 6) is -1.11. The zero-order valence-electron chi connectivity index (χ0n) is 21.3. The number of carbonyl (C=O) groups is 3. The van der Waals surface area contributed by atoms with Gasteiger partial charge in [0.2, 0.25) is 5.75 Å². The molecule has 1 amide bonds. The second kappa shape index (κ2) is 10.5. The Morgan fingerprint density at radius 2 is 1.89 bits per heavy atom. The standard InChI is InChI=1S/C26H27N5O7/c1-30(24(32)16-5-4-9-27-14-16)10-6-15-7-11-31(12-8-15)22-17-13-18(35-2)20(36-3)21-19(17)23(29-28-22)38-26(34)25(33)37-21/h4-5,9,13-15H,6-8,10-12H2,1-3H3. The number of methoxy groups -OCH3 is 2. The number of anilines is 1. The van der Waals surface area contributed by atoms with Crippen molar-refractivity contribution in [3.63, 3.8) is 0 Å². The van der Waals surface area contributed by atoms with E-state index in [1.165, 1.54) is 14.2 Å². The Morgan fingerprint density at radius 1 is 1.13 bits per heavy atom. The minimum atomic E-state index is -1.20. The van der Waals surface area contributed by atoms with Crippen molar-refractivity contribution < 1.29 is 33.3 Å². The number of carbonyl (C=O) groups excluding carboxylic acids is 3. The number of esters is 2.